The van der Waals surface area contributed by atoms with Crippen LogP contribution in [0, 0.1) is 11.3 Å². The number of hydrogen-bond donors (Lipinski definition) is 0. The minimum atomic E-state index is 0.541. The number of para-hydroxylation sites is 4. The number of nitriles is 1. The molecule has 0 N–H and O–H groups in total. The van der Waals surface area contributed by atoms with E-state index >= 15 is 0 Å². The Morgan fingerprint density at radius 2 is 0.944 bits per heavy atom. The number of nitrogens with zero attached hydrogens (tertiary/aromatic N) is 3. The molecular weight excluding hydrogens is 679 g/mol. The smallest absolute Gasteiger partial charge is 0.159 e. The summed E-state index contributed by atoms with van der Waals surface area (Å²) >= 11 is 1.87. The molecule has 0 amide bonds. The van der Waals surface area contributed by atoms with Gasteiger partial charge in [0.25, 0.3) is 0 Å². The van der Waals surface area contributed by atoms with Crippen LogP contribution in [-0.2, 0) is 0 Å². The summed E-state index contributed by atoms with van der Waals surface area (Å²) in [6.07, 6.45) is 0. The van der Waals surface area contributed by atoms with Gasteiger partial charge in [-0.25, -0.2) is 0 Å². The average Bonchev–Trinajstić information content (AvgIpc) is 3.98. The summed E-state index contributed by atoms with van der Waals surface area (Å²) in [5.74, 6) is 0. The Labute approximate surface area is 312 Å². The van der Waals surface area contributed by atoms with E-state index < -0.39 is 0 Å². The van der Waals surface area contributed by atoms with Crippen molar-refractivity contribution in [2.24, 2.45) is 0 Å². The number of thiophene rings is 1. The lowest BCUT2D eigenvalue weighted by molar-refractivity contribution is 0.665. The first-order valence-electron chi connectivity index (χ1n) is 18.1. The van der Waals surface area contributed by atoms with Crippen molar-refractivity contribution in [1.82, 2.24) is 9.13 Å². The second-order valence-electron chi connectivity index (χ2n) is 14.0. The molecule has 0 aliphatic carbocycles. The molecule has 250 valence electrons. The van der Waals surface area contributed by atoms with E-state index in [2.05, 4.69) is 161 Å². The molecular formula is C49H27N3OS. The highest BCUT2D eigenvalue weighted by Crippen LogP contribution is 2.43. The molecule has 4 nitrogen and oxygen atoms in total. The zero-order valence-electron chi connectivity index (χ0n) is 28.7. The predicted octanol–water partition coefficient (Wildman–Crippen LogP) is 13.7. The van der Waals surface area contributed by atoms with E-state index in [0.29, 0.717) is 11.1 Å². The average molecular weight is 706 g/mol. The van der Waals surface area contributed by atoms with Crippen molar-refractivity contribution in [2.45, 2.75) is 0 Å². The highest BCUT2D eigenvalue weighted by atomic mass is 32.1. The van der Waals surface area contributed by atoms with E-state index in [1.165, 1.54) is 64.0 Å². The lowest BCUT2D eigenvalue weighted by atomic mass is 10.0. The minimum Gasteiger partial charge on any atom is -0.452 e. The number of fused-ring (bicyclic) bond motifs is 12. The molecule has 4 aromatic heterocycles. The highest BCUT2D eigenvalue weighted by Gasteiger charge is 2.20. The van der Waals surface area contributed by atoms with Gasteiger partial charge in [0, 0.05) is 47.8 Å². The van der Waals surface area contributed by atoms with Crippen molar-refractivity contribution in [2.75, 3.05) is 0 Å². The Morgan fingerprint density at radius 1 is 0.426 bits per heavy atom. The maximum absolute atomic E-state index is 9.83. The van der Waals surface area contributed by atoms with Crippen molar-refractivity contribution in [1.29, 1.82) is 5.26 Å². The first kappa shape index (κ1) is 29.4. The number of benzene rings is 8. The third kappa shape index (κ3) is 3.95. The number of rotatable bonds is 3. The Bertz CT molecular complexity index is 3590. The van der Waals surface area contributed by atoms with Crippen molar-refractivity contribution < 1.29 is 4.42 Å². The number of hydrogen-bond acceptors (Lipinski definition) is 3. The van der Waals surface area contributed by atoms with E-state index in [0.717, 1.165) is 38.6 Å². The third-order valence-corrected chi connectivity index (χ3v) is 12.4. The quantitative estimate of drug-likeness (QED) is 0.184. The van der Waals surface area contributed by atoms with Crippen LogP contribution in [0.5, 0.6) is 0 Å². The van der Waals surface area contributed by atoms with Gasteiger partial charge in [0.1, 0.15) is 6.07 Å². The fraction of sp³-hybridized carbons (Fsp3) is 0. The molecule has 8 aromatic carbocycles. The molecule has 0 atom stereocenters. The van der Waals surface area contributed by atoms with Gasteiger partial charge in [0.15, 0.2) is 11.2 Å². The molecule has 0 radical (unpaired) electrons. The zero-order chi connectivity index (χ0) is 35.5. The molecule has 4 heterocycles. The van der Waals surface area contributed by atoms with Crippen LogP contribution in [0.25, 0.3) is 108 Å². The van der Waals surface area contributed by atoms with Gasteiger partial charge in [0.05, 0.1) is 43.7 Å². The summed E-state index contributed by atoms with van der Waals surface area (Å²) in [5.41, 5.74) is 11.0. The van der Waals surface area contributed by atoms with Gasteiger partial charge in [0.2, 0.25) is 0 Å². The van der Waals surface area contributed by atoms with Gasteiger partial charge in [-0.3, -0.25) is 0 Å². The Balaban J connectivity index is 1.06. The minimum absolute atomic E-state index is 0.541. The Morgan fingerprint density at radius 3 is 1.63 bits per heavy atom. The van der Waals surface area contributed by atoms with Crippen molar-refractivity contribution in [3.63, 3.8) is 0 Å². The molecule has 5 heteroatoms. The van der Waals surface area contributed by atoms with Crippen LogP contribution in [0.3, 0.4) is 0 Å². The maximum Gasteiger partial charge on any atom is 0.159 e. The molecule has 0 saturated carbocycles. The summed E-state index contributed by atoms with van der Waals surface area (Å²) in [7, 11) is 0. The topological polar surface area (TPSA) is 46.8 Å². The van der Waals surface area contributed by atoms with Crippen LogP contribution >= 0.6 is 11.3 Å². The zero-order valence-corrected chi connectivity index (χ0v) is 29.6. The number of furan rings is 1. The molecule has 12 aromatic rings. The van der Waals surface area contributed by atoms with Crippen LogP contribution in [0.2, 0.25) is 0 Å². The van der Waals surface area contributed by atoms with Crippen LogP contribution < -0.4 is 0 Å². The standard InChI is InChI=1S/C49H27N3OS/c50-28-31-10-7-14-35-36-15-8-19-44(48(36)53-47(31)35)51-40-17-4-1-11-32(40)38-26-29(22-24-42(38)51)30-23-25-43-39(27-30)33-12-2-5-18-41(33)52(43)45-20-9-16-37-34-13-3-6-21-46(34)54-49(37)45/h1-27H. The maximum atomic E-state index is 9.83. The van der Waals surface area contributed by atoms with Gasteiger partial charge < -0.3 is 13.6 Å². The van der Waals surface area contributed by atoms with Crippen LogP contribution in [-0.4, -0.2) is 9.13 Å². The molecule has 54 heavy (non-hydrogen) atoms. The summed E-state index contributed by atoms with van der Waals surface area (Å²) in [5, 5.41) is 19.2. The van der Waals surface area contributed by atoms with E-state index in [1.807, 2.05) is 29.5 Å². The Hall–Kier alpha value is -7.13. The first-order chi connectivity index (χ1) is 26.7. The lowest BCUT2D eigenvalue weighted by Gasteiger charge is -2.10. The molecule has 0 aliphatic heterocycles. The van der Waals surface area contributed by atoms with E-state index in [4.69, 9.17) is 4.42 Å². The van der Waals surface area contributed by atoms with E-state index in [-0.39, 0.29) is 0 Å². The largest absolute Gasteiger partial charge is 0.452 e. The van der Waals surface area contributed by atoms with Gasteiger partial charge in [-0.05, 0) is 71.8 Å². The molecule has 0 bridgehead atoms. The van der Waals surface area contributed by atoms with Gasteiger partial charge >= 0.3 is 0 Å². The lowest BCUT2D eigenvalue weighted by Crippen LogP contribution is -1.94. The second kappa shape index (κ2) is 10.9. The highest BCUT2D eigenvalue weighted by molar-refractivity contribution is 7.26. The second-order valence-corrected chi connectivity index (χ2v) is 15.0. The third-order valence-electron chi connectivity index (χ3n) is 11.2. The molecule has 0 fully saturated rings. The summed E-state index contributed by atoms with van der Waals surface area (Å²) < 4.78 is 13.9. The van der Waals surface area contributed by atoms with Gasteiger partial charge in [-0.15, -0.1) is 11.3 Å². The predicted molar refractivity (Wildman–Crippen MR) is 225 cm³/mol. The van der Waals surface area contributed by atoms with Crippen LogP contribution in [0.4, 0.5) is 0 Å². The van der Waals surface area contributed by atoms with Gasteiger partial charge in [-0.2, -0.15) is 5.26 Å². The fourth-order valence-electron chi connectivity index (χ4n) is 8.80. The van der Waals surface area contributed by atoms with Crippen molar-refractivity contribution >= 4 is 97.1 Å². The molecule has 12 rings (SSSR count). The number of aromatic nitrogens is 2. The van der Waals surface area contributed by atoms with Gasteiger partial charge in [-0.1, -0.05) is 103 Å². The summed E-state index contributed by atoms with van der Waals surface area (Å²) in [6.45, 7) is 0. The van der Waals surface area contributed by atoms with E-state index in [1.54, 1.807) is 0 Å². The molecule has 0 spiro atoms. The SMILES string of the molecule is N#Cc1cccc2c1oc1c(-n3c4ccccc4c4cc(-c5ccc6c(c5)c5ccccc5n6-c5cccc6c5sc5ccccc56)ccc43)cccc12. The Kier molecular flexibility index (Phi) is 5.97. The molecule has 0 unspecified atom stereocenters. The van der Waals surface area contributed by atoms with E-state index in [9.17, 15) is 5.26 Å². The van der Waals surface area contributed by atoms with Crippen molar-refractivity contribution in [3.05, 3.63) is 169 Å². The summed E-state index contributed by atoms with van der Waals surface area (Å²) in [6, 6.07) is 60.8. The van der Waals surface area contributed by atoms with Crippen LogP contribution in [0.15, 0.2) is 168 Å². The fourth-order valence-corrected chi connectivity index (χ4v) is 10.0. The van der Waals surface area contributed by atoms with Crippen molar-refractivity contribution in [3.8, 4) is 28.6 Å². The van der Waals surface area contributed by atoms with Crippen LogP contribution in [0.1, 0.15) is 5.56 Å². The first-order valence-corrected chi connectivity index (χ1v) is 18.9. The normalized spacial score (nSPS) is 12.1. The summed E-state index contributed by atoms with van der Waals surface area (Å²) in [4.78, 5) is 0. The monoisotopic (exact) mass is 705 g/mol. The molecule has 0 aliphatic rings. The molecule has 0 saturated heterocycles.